The minimum Gasteiger partial charge on any atom is -0.381 e. The molecule has 7 nitrogen and oxygen atoms in total. The Labute approximate surface area is 149 Å². The molecule has 3 heterocycles. The summed E-state index contributed by atoms with van der Waals surface area (Å²) in [6.07, 6.45) is 3.37. The summed E-state index contributed by atoms with van der Waals surface area (Å²) in [5.74, 6) is 1.45. The predicted molar refractivity (Wildman–Crippen MR) is 93.8 cm³/mol. The first-order chi connectivity index (χ1) is 11.9. The van der Waals surface area contributed by atoms with Crippen molar-refractivity contribution in [2.45, 2.75) is 44.0 Å². The molecule has 3 aliphatic rings. The molecule has 2 N–H and O–H groups in total. The van der Waals surface area contributed by atoms with Gasteiger partial charge in [0.15, 0.2) is 0 Å². The van der Waals surface area contributed by atoms with Crippen molar-refractivity contribution in [3.8, 4) is 0 Å². The summed E-state index contributed by atoms with van der Waals surface area (Å²) in [4.78, 5) is 2.85. The molecule has 2 saturated heterocycles. The zero-order chi connectivity index (χ0) is 17.6. The quantitative estimate of drug-likeness (QED) is 0.811. The number of H-pyrrole nitrogens is 1. The first-order valence-corrected chi connectivity index (χ1v) is 10.8. The number of piperidine rings is 1. The molecule has 0 spiro atoms. The minimum absolute atomic E-state index is 0.0507. The molecular formula is C17H28N4O3S. The van der Waals surface area contributed by atoms with Gasteiger partial charge in [0.25, 0.3) is 0 Å². The molecule has 2 aliphatic heterocycles. The molecule has 2 unspecified atom stereocenters. The zero-order valence-electron chi connectivity index (χ0n) is 15.0. The first kappa shape index (κ1) is 17.5. The average molecular weight is 369 g/mol. The van der Waals surface area contributed by atoms with Crippen LogP contribution >= 0.6 is 0 Å². The van der Waals surface area contributed by atoms with Crippen molar-refractivity contribution in [1.82, 2.24) is 19.8 Å². The van der Waals surface area contributed by atoms with Crippen LogP contribution in [-0.2, 0) is 14.8 Å². The molecule has 1 aromatic heterocycles. The Hall–Kier alpha value is -0.960. The number of aryl methyl sites for hydroxylation is 2. The Bertz CT molecular complexity index is 693. The highest BCUT2D eigenvalue weighted by molar-refractivity contribution is 7.89. The van der Waals surface area contributed by atoms with Crippen molar-refractivity contribution in [2.75, 3.05) is 32.8 Å². The summed E-state index contributed by atoms with van der Waals surface area (Å²) in [6, 6.07) is 0.0507. The lowest BCUT2D eigenvalue weighted by atomic mass is 9.92. The third-order valence-corrected chi connectivity index (χ3v) is 7.79. The summed E-state index contributed by atoms with van der Waals surface area (Å²) in [5, 5.41) is 6.81. The monoisotopic (exact) mass is 368 g/mol. The third kappa shape index (κ3) is 3.37. The van der Waals surface area contributed by atoms with Crippen LogP contribution in [0, 0.1) is 31.6 Å². The number of nitrogens with one attached hydrogen (secondary N) is 2. The molecule has 1 aromatic rings. The van der Waals surface area contributed by atoms with E-state index in [-0.39, 0.29) is 6.04 Å². The average Bonchev–Trinajstić information content (AvgIpc) is 3.21. The zero-order valence-corrected chi connectivity index (χ0v) is 15.8. The molecule has 3 fully saturated rings. The van der Waals surface area contributed by atoms with Gasteiger partial charge in [-0.15, -0.1) is 0 Å². The van der Waals surface area contributed by atoms with Crippen LogP contribution in [0.15, 0.2) is 4.90 Å². The molecule has 1 aliphatic carbocycles. The van der Waals surface area contributed by atoms with Gasteiger partial charge in [-0.1, -0.05) is 0 Å². The van der Waals surface area contributed by atoms with Crippen molar-refractivity contribution in [1.29, 1.82) is 0 Å². The largest absolute Gasteiger partial charge is 0.381 e. The van der Waals surface area contributed by atoms with Crippen molar-refractivity contribution < 1.29 is 13.2 Å². The Balaban J connectivity index is 1.44. The Morgan fingerprint density at radius 1 is 1.24 bits per heavy atom. The number of likely N-dealkylation sites (tertiary alicyclic amines) is 1. The molecular weight excluding hydrogens is 340 g/mol. The van der Waals surface area contributed by atoms with Gasteiger partial charge in [-0.3, -0.25) is 5.10 Å². The van der Waals surface area contributed by atoms with Gasteiger partial charge in [0.05, 0.1) is 18.0 Å². The molecule has 1 saturated carbocycles. The lowest BCUT2D eigenvalue weighted by molar-refractivity contribution is 0.113. The van der Waals surface area contributed by atoms with E-state index in [9.17, 15) is 8.42 Å². The molecule has 0 amide bonds. The highest BCUT2D eigenvalue weighted by Crippen LogP contribution is 2.38. The molecule has 25 heavy (non-hydrogen) atoms. The molecule has 140 valence electrons. The number of aromatic nitrogens is 2. The molecule has 4 rings (SSSR count). The van der Waals surface area contributed by atoms with E-state index >= 15 is 0 Å². The van der Waals surface area contributed by atoms with E-state index in [1.165, 1.54) is 0 Å². The fourth-order valence-electron chi connectivity index (χ4n) is 4.93. The van der Waals surface area contributed by atoms with Gasteiger partial charge < -0.3 is 9.64 Å². The van der Waals surface area contributed by atoms with Crippen LogP contribution in [0.2, 0.25) is 0 Å². The van der Waals surface area contributed by atoms with E-state index in [0.717, 1.165) is 52.1 Å². The van der Waals surface area contributed by atoms with Crippen LogP contribution < -0.4 is 4.72 Å². The second kappa shape index (κ2) is 6.64. The van der Waals surface area contributed by atoms with Crippen molar-refractivity contribution in [3.63, 3.8) is 0 Å². The van der Waals surface area contributed by atoms with Crippen LogP contribution in [0.25, 0.3) is 0 Å². The number of fused-ring (bicyclic) bond motifs is 2. The number of hydrogen-bond donors (Lipinski definition) is 2. The number of rotatable bonds is 5. The highest BCUT2D eigenvalue weighted by Gasteiger charge is 2.44. The molecule has 0 aromatic carbocycles. The predicted octanol–water partition coefficient (Wildman–Crippen LogP) is 1.05. The normalized spacial score (nSPS) is 33.2. The fourth-order valence-corrected chi connectivity index (χ4v) is 6.67. The van der Waals surface area contributed by atoms with Crippen LogP contribution in [0.1, 0.15) is 30.7 Å². The van der Waals surface area contributed by atoms with Gasteiger partial charge in [0.1, 0.15) is 4.90 Å². The number of ether oxygens (including phenoxy) is 1. The van der Waals surface area contributed by atoms with E-state index in [2.05, 4.69) is 19.8 Å². The van der Waals surface area contributed by atoms with E-state index in [0.29, 0.717) is 34.0 Å². The van der Waals surface area contributed by atoms with E-state index in [1.807, 2.05) is 0 Å². The lowest BCUT2D eigenvalue weighted by Gasteiger charge is -2.39. The summed E-state index contributed by atoms with van der Waals surface area (Å²) >= 11 is 0. The molecule has 4 atom stereocenters. The van der Waals surface area contributed by atoms with E-state index < -0.39 is 10.0 Å². The molecule has 0 radical (unpaired) electrons. The molecule has 8 heteroatoms. The number of sulfonamides is 1. The topological polar surface area (TPSA) is 87.3 Å². The van der Waals surface area contributed by atoms with Gasteiger partial charge in [-0.2, -0.15) is 5.10 Å². The number of aromatic amines is 1. The molecule has 2 bridgehead atoms. The third-order valence-electron chi connectivity index (χ3n) is 6.07. The second-order valence-electron chi connectivity index (χ2n) is 7.96. The number of nitrogens with zero attached hydrogens (tertiary/aromatic N) is 2. The standard InChI is InChI=1S/C17H28N4O3S/c1-11-17(12(2)19-18-11)25(22,23)20-16-14-3-4-15(16)9-21(8-14)7-13-5-6-24-10-13/h13-16,20H,3-10H2,1-2H3,(H,18,19)/t13?,14-,15+,16?. The maximum atomic E-state index is 12.9. The second-order valence-corrected chi connectivity index (χ2v) is 9.61. The Kier molecular flexibility index (Phi) is 4.64. The van der Waals surface area contributed by atoms with Crippen molar-refractivity contribution in [2.24, 2.45) is 17.8 Å². The summed E-state index contributed by atoms with van der Waals surface area (Å²) < 4.78 is 34.3. The van der Waals surface area contributed by atoms with E-state index in [4.69, 9.17) is 4.74 Å². The van der Waals surface area contributed by atoms with Crippen LogP contribution in [0.3, 0.4) is 0 Å². The summed E-state index contributed by atoms with van der Waals surface area (Å²) in [5.41, 5.74) is 1.15. The summed E-state index contributed by atoms with van der Waals surface area (Å²) in [7, 11) is -3.53. The van der Waals surface area contributed by atoms with Crippen LogP contribution in [0.4, 0.5) is 0 Å². The minimum atomic E-state index is -3.53. The summed E-state index contributed by atoms with van der Waals surface area (Å²) in [6.45, 7) is 8.33. The Morgan fingerprint density at radius 3 is 2.52 bits per heavy atom. The maximum Gasteiger partial charge on any atom is 0.244 e. The van der Waals surface area contributed by atoms with Gasteiger partial charge in [0, 0.05) is 32.3 Å². The van der Waals surface area contributed by atoms with Gasteiger partial charge in [0.2, 0.25) is 10.0 Å². The smallest absolute Gasteiger partial charge is 0.244 e. The van der Waals surface area contributed by atoms with Crippen molar-refractivity contribution in [3.05, 3.63) is 11.4 Å². The van der Waals surface area contributed by atoms with Gasteiger partial charge in [-0.25, -0.2) is 13.1 Å². The van der Waals surface area contributed by atoms with E-state index in [1.54, 1.807) is 13.8 Å². The van der Waals surface area contributed by atoms with Crippen LogP contribution in [-0.4, -0.2) is 62.4 Å². The maximum absolute atomic E-state index is 12.9. The fraction of sp³-hybridized carbons (Fsp3) is 0.824. The first-order valence-electron chi connectivity index (χ1n) is 9.28. The Morgan fingerprint density at radius 2 is 1.96 bits per heavy atom. The highest BCUT2D eigenvalue weighted by atomic mass is 32.2. The van der Waals surface area contributed by atoms with Gasteiger partial charge >= 0.3 is 0 Å². The van der Waals surface area contributed by atoms with Crippen molar-refractivity contribution >= 4 is 10.0 Å². The van der Waals surface area contributed by atoms with Crippen LogP contribution in [0.5, 0.6) is 0 Å². The van der Waals surface area contributed by atoms with Gasteiger partial charge in [-0.05, 0) is 50.9 Å². The SMILES string of the molecule is Cc1n[nH]c(C)c1S(=O)(=O)NC1[C@@H]2CC[C@H]1CN(CC1CCOC1)C2. The lowest BCUT2D eigenvalue weighted by Crippen LogP contribution is -2.53. The number of hydrogen-bond acceptors (Lipinski definition) is 5.